The SMILES string of the molecule is CC(/C(=C/c1ccc(Cl)cc1)c1ccc(F)cc1)n1cncn1. The van der Waals surface area contributed by atoms with Gasteiger partial charge in [-0.25, -0.2) is 14.1 Å². The summed E-state index contributed by atoms with van der Waals surface area (Å²) in [6.45, 7) is 2.03. The third kappa shape index (κ3) is 3.66. The molecule has 116 valence electrons. The summed E-state index contributed by atoms with van der Waals surface area (Å²) in [6, 6.07) is 14.0. The first kappa shape index (κ1) is 15.4. The van der Waals surface area contributed by atoms with Crippen molar-refractivity contribution in [2.24, 2.45) is 0 Å². The lowest BCUT2D eigenvalue weighted by Crippen LogP contribution is -2.08. The second-order valence-corrected chi connectivity index (χ2v) is 5.65. The van der Waals surface area contributed by atoms with E-state index in [1.165, 1.54) is 18.5 Å². The summed E-state index contributed by atoms with van der Waals surface area (Å²) in [4.78, 5) is 4.00. The minimum Gasteiger partial charge on any atom is -0.246 e. The standard InChI is InChI=1S/C18H15ClFN3/c1-13(23-12-21-11-22-23)18(15-4-8-17(20)9-5-15)10-14-2-6-16(19)7-3-14/h2-13H,1H3/b18-10-. The zero-order chi connectivity index (χ0) is 16.2. The summed E-state index contributed by atoms with van der Waals surface area (Å²) in [5.74, 6) is -0.256. The van der Waals surface area contributed by atoms with E-state index >= 15 is 0 Å². The maximum absolute atomic E-state index is 13.2. The van der Waals surface area contributed by atoms with Crippen LogP contribution in [0.4, 0.5) is 4.39 Å². The first-order chi connectivity index (χ1) is 11.1. The lowest BCUT2D eigenvalue weighted by molar-refractivity contribution is 0.593. The van der Waals surface area contributed by atoms with Crippen molar-refractivity contribution < 1.29 is 4.39 Å². The third-order valence-corrected chi connectivity index (χ3v) is 3.91. The van der Waals surface area contributed by atoms with E-state index in [-0.39, 0.29) is 11.9 Å². The highest BCUT2D eigenvalue weighted by Crippen LogP contribution is 2.29. The fourth-order valence-corrected chi connectivity index (χ4v) is 2.51. The number of aromatic nitrogens is 3. The quantitative estimate of drug-likeness (QED) is 0.640. The molecule has 3 rings (SSSR count). The van der Waals surface area contributed by atoms with Gasteiger partial charge < -0.3 is 0 Å². The Balaban J connectivity index is 2.05. The Morgan fingerprint density at radius 3 is 2.43 bits per heavy atom. The van der Waals surface area contributed by atoms with Crippen molar-refractivity contribution >= 4 is 23.3 Å². The Bertz CT molecular complexity index is 793. The molecule has 0 bridgehead atoms. The van der Waals surface area contributed by atoms with Gasteiger partial charge in [-0.05, 0) is 54.0 Å². The Kier molecular flexibility index (Phi) is 4.53. The van der Waals surface area contributed by atoms with Crippen LogP contribution in [0.1, 0.15) is 24.1 Å². The van der Waals surface area contributed by atoms with Gasteiger partial charge >= 0.3 is 0 Å². The number of halogens is 2. The second kappa shape index (κ2) is 6.75. The molecule has 0 aliphatic rings. The molecule has 0 spiro atoms. The summed E-state index contributed by atoms with van der Waals surface area (Å²) < 4.78 is 15.0. The van der Waals surface area contributed by atoms with Crippen molar-refractivity contribution in [1.29, 1.82) is 0 Å². The van der Waals surface area contributed by atoms with Crippen LogP contribution in [-0.4, -0.2) is 14.8 Å². The van der Waals surface area contributed by atoms with Gasteiger partial charge in [0.15, 0.2) is 0 Å². The van der Waals surface area contributed by atoms with Crippen LogP contribution in [0.2, 0.25) is 5.02 Å². The van der Waals surface area contributed by atoms with Gasteiger partial charge in [0.05, 0.1) is 6.04 Å². The third-order valence-electron chi connectivity index (χ3n) is 3.65. The summed E-state index contributed by atoms with van der Waals surface area (Å²) in [7, 11) is 0. The number of hydrogen-bond acceptors (Lipinski definition) is 2. The summed E-state index contributed by atoms with van der Waals surface area (Å²) in [5, 5.41) is 4.90. The van der Waals surface area contributed by atoms with Gasteiger partial charge in [0.25, 0.3) is 0 Å². The van der Waals surface area contributed by atoms with Crippen molar-refractivity contribution in [2.75, 3.05) is 0 Å². The average Bonchev–Trinajstić information content (AvgIpc) is 3.09. The topological polar surface area (TPSA) is 30.7 Å². The van der Waals surface area contributed by atoms with E-state index in [9.17, 15) is 4.39 Å². The molecule has 1 aromatic heterocycles. The molecule has 2 aromatic carbocycles. The zero-order valence-corrected chi connectivity index (χ0v) is 13.3. The first-order valence-electron chi connectivity index (χ1n) is 7.21. The average molecular weight is 328 g/mol. The molecule has 1 atom stereocenters. The molecular weight excluding hydrogens is 313 g/mol. The van der Waals surface area contributed by atoms with Gasteiger partial charge in [-0.15, -0.1) is 0 Å². The molecule has 3 aromatic rings. The fourth-order valence-electron chi connectivity index (χ4n) is 2.39. The number of rotatable bonds is 4. The van der Waals surface area contributed by atoms with Gasteiger partial charge in [0.2, 0.25) is 0 Å². The van der Waals surface area contributed by atoms with E-state index in [2.05, 4.69) is 16.2 Å². The zero-order valence-electron chi connectivity index (χ0n) is 12.5. The van der Waals surface area contributed by atoms with Crippen LogP contribution in [0.25, 0.3) is 11.6 Å². The molecule has 1 heterocycles. The molecule has 5 heteroatoms. The first-order valence-corrected chi connectivity index (χ1v) is 7.58. The highest BCUT2D eigenvalue weighted by Gasteiger charge is 2.14. The minimum absolute atomic E-state index is 0.0429. The van der Waals surface area contributed by atoms with Crippen LogP contribution in [0.3, 0.4) is 0 Å². The molecule has 0 aliphatic carbocycles. The van der Waals surface area contributed by atoms with Crippen LogP contribution in [0, 0.1) is 5.82 Å². The number of hydrogen-bond donors (Lipinski definition) is 0. The van der Waals surface area contributed by atoms with E-state index in [4.69, 9.17) is 11.6 Å². The Labute approximate surface area is 139 Å². The summed E-state index contributed by atoms with van der Waals surface area (Å²) in [5.41, 5.74) is 2.96. The summed E-state index contributed by atoms with van der Waals surface area (Å²) >= 11 is 5.94. The summed E-state index contributed by atoms with van der Waals surface area (Å²) in [6.07, 6.45) is 5.22. The molecular formula is C18H15ClFN3. The van der Waals surface area contributed by atoms with Gasteiger partial charge in [-0.1, -0.05) is 35.9 Å². The number of benzene rings is 2. The van der Waals surface area contributed by atoms with Crippen LogP contribution in [0.5, 0.6) is 0 Å². The van der Waals surface area contributed by atoms with Gasteiger partial charge in [0.1, 0.15) is 18.5 Å². The van der Waals surface area contributed by atoms with Crippen molar-refractivity contribution in [3.8, 4) is 0 Å². The van der Waals surface area contributed by atoms with E-state index in [0.29, 0.717) is 5.02 Å². The molecule has 1 unspecified atom stereocenters. The molecule has 0 saturated carbocycles. The van der Waals surface area contributed by atoms with E-state index in [1.54, 1.807) is 23.1 Å². The van der Waals surface area contributed by atoms with Gasteiger partial charge in [-0.2, -0.15) is 5.10 Å². The second-order valence-electron chi connectivity index (χ2n) is 5.21. The highest BCUT2D eigenvalue weighted by atomic mass is 35.5. The van der Waals surface area contributed by atoms with Crippen LogP contribution < -0.4 is 0 Å². The minimum atomic E-state index is -0.256. The van der Waals surface area contributed by atoms with E-state index in [0.717, 1.165) is 16.7 Å². The Hall–Kier alpha value is -2.46. The molecule has 0 amide bonds. The normalized spacial score (nSPS) is 13.1. The molecule has 0 aliphatic heterocycles. The Morgan fingerprint density at radius 2 is 1.83 bits per heavy atom. The van der Waals surface area contributed by atoms with Crippen molar-refractivity contribution in [1.82, 2.24) is 14.8 Å². The number of nitrogens with zero attached hydrogens (tertiary/aromatic N) is 3. The van der Waals surface area contributed by atoms with Crippen molar-refractivity contribution in [2.45, 2.75) is 13.0 Å². The predicted molar refractivity (Wildman–Crippen MR) is 90.5 cm³/mol. The smallest absolute Gasteiger partial charge is 0.137 e. The van der Waals surface area contributed by atoms with Crippen LogP contribution >= 0.6 is 11.6 Å². The van der Waals surface area contributed by atoms with Crippen molar-refractivity contribution in [3.63, 3.8) is 0 Å². The highest BCUT2D eigenvalue weighted by molar-refractivity contribution is 6.30. The maximum Gasteiger partial charge on any atom is 0.137 e. The molecule has 0 radical (unpaired) electrons. The van der Waals surface area contributed by atoms with Gasteiger partial charge in [-0.3, -0.25) is 0 Å². The van der Waals surface area contributed by atoms with Crippen LogP contribution in [0.15, 0.2) is 61.2 Å². The monoisotopic (exact) mass is 327 g/mol. The molecule has 23 heavy (non-hydrogen) atoms. The number of allylic oxidation sites excluding steroid dienone is 1. The van der Waals surface area contributed by atoms with Crippen LogP contribution in [-0.2, 0) is 0 Å². The molecule has 3 nitrogen and oxygen atoms in total. The molecule has 0 fully saturated rings. The van der Waals surface area contributed by atoms with Gasteiger partial charge in [0, 0.05) is 5.02 Å². The largest absolute Gasteiger partial charge is 0.246 e. The van der Waals surface area contributed by atoms with E-state index < -0.39 is 0 Å². The Morgan fingerprint density at radius 1 is 1.13 bits per heavy atom. The fraction of sp³-hybridized carbons (Fsp3) is 0.111. The predicted octanol–water partition coefficient (Wildman–Crippen LogP) is 4.87. The lowest BCUT2D eigenvalue weighted by Gasteiger charge is -2.17. The molecule has 0 N–H and O–H groups in total. The lowest BCUT2D eigenvalue weighted by atomic mass is 9.97. The van der Waals surface area contributed by atoms with Crippen molar-refractivity contribution in [3.05, 3.63) is 83.2 Å². The van der Waals surface area contributed by atoms with E-state index in [1.807, 2.05) is 31.2 Å². The molecule has 0 saturated heterocycles. The maximum atomic E-state index is 13.2.